The number of nitrogen functional groups attached to an aromatic ring is 1. The fourth-order valence-electron chi connectivity index (χ4n) is 2.70. The van der Waals surface area contributed by atoms with Gasteiger partial charge in [-0.1, -0.05) is 0 Å². The SMILES string of the molecule is C[C@@]1(O)[C@H](O)[C@@H](CO)N[C@H]1c1csc2c(N)ncnc12. The maximum absolute atomic E-state index is 10.5. The van der Waals surface area contributed by atoms with Crippen molar-refractivity contribution in [2.24, 2.45) is 0 Å². The van der Waals surface area contributed by atoms with E-state index in [2.05, 4.69) is 15.3 Å². The Morgan fingerprint density at radius 3 is 2.90 bits per heavy atom. The van der Waals surface area contributed by atoms with Crippen molar-refractivity contribution in [3.05, 3.63) is 17.3 Å². The first-order valence-corrected chi connectivity index (χ1v) is 7.09. The molecule has 1 aliphatic rings. The summed E-state index contributed by atoms with van der Waals surface area (Å²) in [6.45, 7) is 1.28. The summed E-state index contributed by atoms with van der Waals surface area (Å²) in [4.78, 5) is 8.15. The number of rotatable bonds is 2. The van der Waals surface area contributed by atoms with Gasteiger partial charge in [-0.25, -0.2) is 9.97 Å². The van der Waals surface area contributed by atoms with E-state index in [1.165, 1.54) is 17.7 Å². The van der Waals surface area contributed by atoms with Crippen LogP contribution in [0, 0.1) is 0 Å². The van der Waals surface area contributed by atoms with Gasteiger partial charge in [-0.3, -0.25) is 5.32 Å². The number of anilines is 1. The number of nitrogens with one attached hydrogen (secondary N) is 1. The Bertz CT molecular complexity index is 645. The molecule has 0 saturated carbocycles. The summed E-state index contributed by atoms with van der Waals surface area (Å²) in [5.41, 5.74) is 5.81. The standard InChI is InChI=1S/C12H16N4O3S/c1-12(19)9(16-6(2-17)10(12)18)5-3-20-8-7(5)14-4-15-11(8)13/h3-4,6,9-10,16-19H,2H2,1H3,(H2,13,14,15)/t6-,9+,10-,12+/m1/s1. The van der Waals surface area contributed by atoms with Gasteiger partial charge < -0.3 is 21.1 Å². The molecule has 0 amide bonds. The van der Waals surface area contributed by atoms with Crippen molar-refractivity contribution in [1.29, 1.82) is 0 Å². The van der Waals surface area contributed by atoms with Crippen molar-refractivity contribution in [2.75, 3.05) is 12.3 Å². The Hall–Kier alpha value is -1.32. The zero-order valence-electron chi connectivity index (χ0n) is 10.8. The fourth-order valence-corrected chi connectivity index (χ4v) is 3.65. The van der Waals surface area contributed by atoms with E-state index in [9.17, 15) is 15.3 Å². The summed E-state index contributed by atoms with van der Waals surface area (Å²) in [5, 5.41) is 34.8. The quantitative estimate of drug-likeness (QED) is 0.500. The zero-order valence-corrected chi connectivity index (χ0v) is 11.6. The first kappa shape index (κ1) is 13.7. The third-order valence-corrected chi connectivity index (χ3v) is 4.87. The van der Waals surface area contributed by atoms with Crippen LogP contribution < -0.4 is 11.1 Å². The van der Waals surface area contributed by atoms with Crippen LogP contribution in [0.15, 0.2) is 11.7 Å². The summed E-state index contributed by atoms with van der Waals surface area (Å²) >= 11 is 1.39. The van der Waals surface area contributed by atoms with Crippen LogP contribution in [0.5, 0.6) is 0 Å². The molecule has 20 heavy (non-hydrogen) atoms. The monoisotopic (exact) mass is 296 g/mol. The molecule has 2 aromatic rings. The van der Waals surface area contributed by atoms with E-state index in [0.29, 0.717) is 11.3 Å². The smallest absolute Gasteiger partial charge is 0.144 e. The Kier molecular flexibility index (Phi) is 3.14. The van der Waals surface area contributed by atoms with Crippen LogP contribution in [0.2, 0.25) is 0 Å². The number of hydrogen-bond donors (Lipinski definition) is 5. The number of nitrogens with two attached hydrogens (primary N) is 1. The van der Waals surface area contributed by atoms with E-state index in [4.69, 9.17) is 5.73 Å². The highest BCUT2D eigenvalue weighted by atomic mass is 32.1. The van der Waals surface area contributed by atoms with E-state index in [-0.39, 0.29) is 6.61 Å². The van der Waals surface area contributed by atoms with Gasteiger partial charge in [0.2, 0.25) is 0 Å². The fraction of sp³-hybridized carbons (Fsp3) is 0.500. The largest absolute Gasteiger partial charge is 0.395 e. The molecule has 4 atom stereocenters. The molecule has 1 saturated heterocycles. The van der Waals surface area contributed by atoms with E-state index in [1.54, 1.807) is 6.92 Å². The predicted molar refractivity (Wildman–Crippen MR) is 75.2 cm³/mol. The molecule has 0 radical (unpaired) electrons. The van der Waals surface area contributed by atoms with Crippen molar-refractivity contribution in [3.8, 4) is 0 Å². The molecule has 0 aliphatic carbocycles. The van der Waals surface area contributed by atoms with Crippen molar-refractivity contribution in [2.45, 2.75) is 30.7 Å². The van der Waals surface area contributed by atoms with Crippen molar-refractivity contribution in [3.63, 3.8) is 0 Å². The lowest BCUT2D eigenvalue weighted by Crippen LogP contribution is -2.43. The van der Waals surface area contributed by atoms with Gasteiger partial charge in [0, 0.05) is 5.56 Å². The minimum Gasteiger partial charge on any atom is -0.395 e. The predicted octanol–water partition coefficient (Wildman–Crippen LogP) is -0.609. The van der Waals surface area contributed by atoms with E-state index in [0.717, 1.165) is 10.3 Å². The molecule has 1 aliphatic heterocycles. The molecule has 8 heteroatoms. The normalized spacial score (nSPS) is 33.9. The van der Waals surface area contributed by atoms with Crippen LogP contribution in [0.3, 0.4) is 0 Å². The van der Waals surface area contributed by atoms with Crippen LogP contribution in [0.1, 0.15) is 18.5 Å². The van der Waals surface area contributed by atoms with E-state index in [1.807, 2.05) is 5.38 Å². The lowest BCUT2D eigenvalue weighted by Gasteiger charge is -2.27. The highest BCUT2D eigenvalue weighted by Crippen LogP contribution is 2.41. The first-order valence-electron chi connectivity index (χ1n) is 6.21. The van der Waals surface area contributed by atoms with Crippen molar-refractivity contribution >= 4 is 27.4 Å². The van der Waals surface area contributed by atoms with Gasteiger partial charge >= 0.3 is 0 Å². The molecule has 0 bridgehead atoms. The van der Waals surface area contributed by atoms with Gasteiger partial charge in [-0.2, -0.15) is 0 Å². The molecule has 3 heterocycles. The number of hydrogen-bond acceptors (Lipinski definition) is 8. The second-order valence-corrected chi connectivity index (χ2v) is 6.07. The maximum atomic E-state index is 10.5. The Morgan fingerprint density at radius 1 is 1.50 bits per heavy atom. The number of thiophene rings is 1. The third kappa shape index (κ3) is 1.80. The van der Waals surface area contributed by atoms with Crippen LogP contribution in [-0.4, -0.2) is 49.6 Å². The minimum absolute atomic E-state index is 0.257. The van der Waals surface area contributed by atoms with Gasteiger partial charge in [0.1, 0.15) is 23.9 Å². The first-order chi connectivity index (χ1) is 9.46. The van der Waals surface area contributed by atoms with E-state index >= 15 is 0 Å². The average Bonchev–Trinajstić information content (AvgIpc) is 2.92. The minimum atomic E-state index is -1.40. The molecular formula is C12H16N4O3S. The molecule has 0 unspecified atom stereocenters. The summed E-state index contributed by atoms with van der Waals surface area (Å²) in [6, 6.07) is -1.11. The Labute approximate surface area is 119 Å². The molecule has 108 valence electrons. The molecule has 0 spiro atoms. The van der Waals surface area contributed by atoms with Crippen LogP contribution in [-0.2, 0) is 0 Å². The number of fused-ring (bicyclic) bond motifs is 1. The summed E-state index contributed by atoms with van der Waals surface area (Å²) < 4.78 is 0.752. The van der Waals surface area contributed by atoms with Gasteiger partial charge in [-0.15, -0.1) is 11.3 Å². The Morgan fingerprint density at radius 2 is 2.25 bits per heavy atom. The van der Waals surface area contributed by atoms with Gasteiger partial charge in [0.25, 0.3) is 0 Å². The molecule has 7 nitrogen and oxygen atoms in total. The van der Waals surface area contributed by atoms with Crippen molar-refractivity contribution in [1.82, 2.24) is 15.3 Å². The summed E-state index contributed by atoms with van der Waals surface area (Å²) in [7, 11) is 0. The lowest BCUT2D eigenvalue weighted by atomic mass is 9.89. The summed E-state index contributed by atoms with van der Waals surface area (Å²) in [5.74, 6) is 0.392. The topological polar surface area (TPSA) is 125 Å². The van der Waals surface area contributed by atoms with Gasteiger partial charge in [0.05, 0.1) is 28.9 Å². The number of nitrogens with zero attached hydrogens (tertiary/aromatic N) is 2. The van der Waals surface area contributed by atoms with Crippen LogP contribution >= 0.6 is 11.3 Å². The van der Waals surface area contributed by atoms with Crippen molar-refractivity contribution < 1.29 is 15.3 Å². The average molecular weight is 296 g/mol. The number of aliphatic hydroxyl groups excluding tert-OH is 2. The molecular weight excluding hydrogens is 280 g/mol. The second kappa shape index (κ2) is 4.61. The van der Waals surface area contributed by atoms with E-state index < -0.39 is 23.8 Å². The van der Waals surface area contributed by atoms with Gasteiger partial charge in [0.15, 0.2) is 0 Å². The highest BCUT2D eigenvalue weighted by molar-refractivity contribution is 7.17. The molecule has 1 fully saturated rings. The number of aromatic nitrogens is 2. The van der Waals surface area contributed by atoms with Crippen LogP contribution in [0.25, 0.3) is 10.2 Å². The lowest BCUT2D eigenvalue weighted by molar-refractivity contribution is -0.0575. The zero-order chi connectivity index (χ0) is 14.5. The van der Waals surface area contributed by atoms with Gasteiger partial charge in [-0.05, 0) is 12.3 Å². The summed E-state index contributed by atoms with van der Waals surface area (Å²) in [6.07, 6.45) is 0.309. The maximum Gasteiger partial charge on any atom is 0.144 e. The highest BCUT2D eigenvalue weighted by Gasteiger charge is 2.51. The number of aliphatic hydroxyl groups is 3. The molecule has 6 N–H and O–H groups in total. The molecule has 3 rings (SSSR count). The molecule has 0 aromatic carbocycles. The Balaban J connectivity index is 2.10. The third-order valence-electron chi connectivity index (χ3n) is 3.86. The molecule has 2 aromatic heterocycles. The second-order valence-electron chi connectivity index (χ2n) is 5.19. The van der Waals surface area contributed by atoms with Crippen LogP contribution in [0.4, 0.5) is 5.82 Å².